The lowest BCUT2D eigenvalue weighted by atomic mass is 10.1. The first-order chi connectivity index (χ1) is 18.6. The largest absolute Gasteiger partial charge is 0.352 e. The van der Waals surface area contributed by atoms with Crippen LogP contribution in [0.4, 0.5) is 5.69 Å². The highest BCUT2D eigenvalue weighted by Crippen LogP contribution is 2.28. The van der Waals surface area contributed by atoms with E-state index in [0.29, 0.717) is 18.5 Å². The minimum atomic E-state index is -4.08. The van der Waals surface area contributed by atoms with Crippen molar-refractivity contribution < 1.29 is 18.0 Å². The third kappa shape index (κ3) is 7.47. The average Bonchev–Trinajstić information content (AvgIpc) is 2.92. The van der Waals surface area contributed by atoms with Crippen molar-refractivity contribution >= 4 is 27.5 Å². The molecule has 0 aliphatic rings. The van der Waals surface area contributed by atoms with Crippen LogP contribution in [-0.2, 0) is 32.6 Å². The lowest BCUT2D eigenvalue weighted by Crippen LogP contribution is -2.53. The summed E-state index contributed by atoms with van der Waals surface area (Å²) in [5, 5.41) is 2.92. The molecular weight excluding hydrogens is 510 g/mol. The second-order valence-electron chi connectivity index (χ2n) is 9.90. The van der Waals surface area contributed by atoms with E-state index >= 15 is 0 Å². The summed E-state index contributed by atoms with van der Waals surface area (Å²) >= 11 is 0. The van der Waals surface area contributed by atoms with Gasteiger partial charge < -0.3 is 10.2 Å². The number of para-hydroxylation sites is 1. The normalized spacial score (nSPS) is 12.2. The van der Waals surface area contributed by atoms with Gasteiger partial charge in [0, 0.05) is 12.6 Å². The maximum Gasteiger partial charge on any atom is 0.264 e. The number of hydrogen-bond donors (Lipinski definition) is 1. The summed E-state index contributed by atoms with van der Waals surface area (Å²) in [7, 11) is -4.08. The van der Waals surface area contributed by atoms with Crippen molar-refractivity contribution in [1.29, 1.82) is 0 Å². The van der Waals surface area contributed by atoms with Crippen molar-refractivity contribution in [2.75, 3.05) is 10.8 Å². The summed E-state index contributed by atoms with van der Waals surface area (Å²) in [6, 6.07) is 22.2. The SMILES string of the molecule is CCc1ccccc1N(CC(=O)N(Cc1ccc(C)cc1)C(CC)C(=O)NC(C)C)S(=O)(=O)c1ccccc1. The third-order valence-corrected chi connectivity index (χ3v) is 8.32. The van der Waals surface area contributed by atoms with Crippen LogP contribution in [0.25, 0.3) is 0 Å². The van der Waals surface area contributed by atoms with Gasteiger partial charge in [0.05, 0.1) is 10.6 Å². The van der Waals surface area contributed by atoms with E-state index in [1.165, 1.54) is 21.3 Å². The van der Waals surface area contributed by atoms with Crippen LogP contribution in [0, 0.1) is 6.92 Å². The van der Waals surface area contributed by atoms with Crippen molar-refractivity contribution in [3.8, 4) is 0 Å². The minimum absolute atomic E-state index is 0.0957. The van der Waals surface area contributed by atoms with Gasteiger partial charge >= 0.3 is 0 Å². The summed E-state index contributed by atoms with van der Waals surface area (Å²) < 4.78 is 29.1. The molecule has 1 unspecified atom stereocenters. The molecule has 3 aromatic carbocycles. The van der Waals surface area contributed by atoms with E-state index in [2.05, 4.69) is 5.32 Å². The Kier molecular flexibility index (Phi) is 10.3. The van der Waals surface area contributed by atoms with Crippen molar-refractivity contribution in [3.63, 3.8) is 0 Å². The molecular formula is C31H39N3O4S. The van der Waals surface area contributed by atoms with Gasteiger partial charge in [-0.1, -0.05) is 80.1 Å². The summed E-state index contributed by atoms with van der Waals surface area (Å²) in [5.74, 6) is -0.717. The van der Waals surface area contributed by atoms with Crippen molar-refractivity contribution in [1.82, 2.24) is 10.2 Å². The third-order valence-electron chi connectivity index (χ3n) is 6.54. The Hall–Kier alpha value is -3.65. The smallest absolute Gasteiger partial charge is 0.264 e. The maximum absolute atomic E-state index is 14.1. The van der Waals surface area contributed by atoms with Gasteiger partial charge in [-0.05, 0) is 62.9 Å². The molecule has 2 amide bonds. The topological polar surface area (TPSA) is 86.8 Å². The molecule has 8 heteroatoms. The number of aryl methyl sites for hydroxylation is 2. The number of anilines is 1. The molecule has 3 aromatic rings. The first kappa shape index (κ1) is 29.9. The Labute approximate surface area is 232 Å². The molecule has 0 radical (unpaired) electrons. The Morgan fingerprint density at radius 2 is 1.49 bits per heavy atom. The maximum atomic E-state index is 14.1. The lowest BCUT2D eigenvalue weighted by Gasteiger charge is -2.34. The zero-order chi connectivity index (χ0) is 28.6. The monoisotopic (exact) mass is 549 g/mol. The van der Waals surface area contributed by atoms with Crippen LogP contribution in [0.5, 0.6) is 0 Å². The zero-order valence-electron chi connectivity index (χ0n) is 23.4. The Balaban J connectivity index is 2.08. The number of rotatable bonds is 12. The molecule has 0 fully saturated rings. The second kappa shape index (κ2) is 13.4. The van der Waals surface area contributed by atoms with Gasteiger partial charge in [-0.2, -0.15) is 0 Å². The molecule has 0 heterocycles. The second-order valence-corrected chi connectivity index (χ2v) is 11.8. The standard InChI is InChI=1S/C31H39N3O4S/c1-6-26-13-11-12-16-29(26)34(39(37,38)27-14-9-8-10-15-27)22-30(35)33(21-25-19-17-24(5)18-20-25)28(7-2)31(36)32-23(3)4/h8-20,23,28H,6-7,21-22H2,1-5H3,(H,32,36). The molecule has 1 N–H and O–H groups in total. The minimum Gasteiger partial charge on any atom is -0.352 e. The van der Waals surface area contributed by atoms with Gasteiger partial charge in [0.1, 0.15) is 12.6 Å². The van der Waals surface area contributed by atoms with Crippen molar-refractivity contribution in [2.45, 2.75) is 71.0 Å². The van der Waals surface area contributed by atoms with Crippen LogP contribution >= 0.6 is 0 Å². The van der Waals surface area contributed by atoms with E-state index < -0.39 is 28.5 Å². The molecule has 0 saturated heterocycles. The van der Waals surface area contributed by atoms with Gasteiger partial charge in [0.15, 0.2) is 0 Å². The highest BCUT2D eigenvalue weighted by atomic mass is 32.2. The number of benzene rings is 3. The number of sulfonamides is 1. The number of hydrogen-bond acceptors (Lipinski definition) is 4. The van der Waals surface area contributed by atoms with Crippen LogP contribution in [0.3, 0.4) is 0 Å². The molecule has 0 aliphatic carbocycles. The molecule has 0 spiro atoms. The van der Waals surface area contributed by atoms with Gasteiger partial charge in [0.2, 0.25) is 11.8 Å². The number of amides is 2. The molecule has 1 atom stereocenters. The van der Waals surface area contributed by atoms with E-state index in [1.807, 2.05) is 71.0 Å². The first-order valence-electron chi connectivity index (χ1n) is 13.4. The summed E-state index contributed by atoms with van der Waals surface area (Å²) in [5.41, 5.74) is 3.19. The summed E-state index contributed by atoms with van der Waals surface area (Å²) in [4.78, 5) is 28.9. The first-order valence-corrected chi connectivity index (χ1v) is 14.8. The number of carbonyl (C=O) groups excluding carboxylic acids is 2. The number of nitrogens with one attached hydrogen (secondary N) is 1. The van der Waals surface area contributed by atoms with Crippen LogP contribution in [0.1, 0.15) is 50.8 Å². The predicted octanol–water partition coefficient (Wildman–Crippen LogP) is 5.08. The zero-order valence-corrected chi connectivity index (χ0v) is 24.2. The highest BCUT2D eigenvalue weighted by molar-refractivity contribution is 7.92. The average molecular weight is 550 g/mol. The van der Waals surface area contributed by atoms with E-state index in [1.54, 1.807) is 30.3 Å². The van der Waals surface area contributed by atoms with Gasteiger partial charge in [0.25, 0.3) is 10.0 Å². The van der Waals surface area contributed by atoms with E-state index in [9.17, 15) is 18.0 Å². The molecule has 0 aliphatic heterocycles. The molecule has 7 nitrogen and oxygen atoms in total. The summed E-state index contributed by atoms with van der Waals surface area (Å²) in [6.07, 6.45) is 0.972. The number of carbonyl (C=O) groups is 2. The Morgan fingerprint density at radius 1 is 0.872 bits per heavy atom. The van der Waals surface area contributed by atoms with Gasteiger partial charge in [-0.3, -0.25) is 13.9 Å². The van der Waals surface area contributed by atoms with E-state index in [4.69, 9.17) is 0 Å². The van der Waals surface area contributed by atoms with Gasteiger partial charge in [-0.15, -0.1) is 0 Å². The van der Waals surface area contributed by atoms with E-state index in [0.717, 1.165) is 16.7 Å². The molecule has 39 heavy (non-hydrogen) atoms. The van der Waals surface area contributed by atoms with Crippen molar-refractivity contribution in [3.05, 3.63) is 95.6 Å². The Morgan fingerprint density at radius 3 is 2.08 bits per heavy atom. The van der Waals surface area contributed by atoms with Crippen LogP contribution < -0.4 is 9.62 Å². The fourth-order valence-electron chi connectivity index (χ4n) is 4.48. The molecule has 0 aromatic heterocycles. The quantitative estimate of drug-likeness (QED) is 0.341. The van der Waals surface area contributed by atoms with Crippen LogP contribution in [0.15, 0.2) is 83.8 Å². The predicted molar refractivity (Wildman–Crippen MR) is 156 cm³/mol. The summed E-state index contributed by atoms with van der Waals surface area (Å²) in [6.45, 7) is 9.25. The molecule has 0 saturated carbocycles. The molecule has 208 valence electrons. The molecule has 3 rings (SSSR count). The highest BCUT2D eigenvalue weighted by Gasteiger charge is 2.34. The fourth-order valence-corrected chi connectivity index (χ4v) is 5.95. The fraction of sp³-hybridized carbons (Fsp3) is 0.355. The Bertz CT molecular complexity index is 1360. The van der Waals surface area contributed by atoms with E-state index in [-0.39, 0.29) is 23.4 Å². The lowest BCUT2D eigenvalue weighted by molar-refractivity contribution is -0.140. The molecule has 0 bridgehead atoms. The van der Waals surface area contributed by atoms with Crippen molar-refractivity contribution in [2.24, 2.45) is 0 Å². The number of nitrogens with zero attached hydrogens (tertiary/aromatic N) is 2. The van der Waals surface area contributed by atoms with Gasteiger partial charge in [-0.25, -0.2) is 8.42 Å². The van der Waals surface area contributed by atoms with Crippen LogP contribution in [0.2, 0.25) is 0 Å². The van der Waals surface area contributed by atoms with Crippen LogP contribution in [-0.4, -0.2) is 43.8 Å².